The first-order chi connectivity index (χ1) is 13.4. The summed E-state index contributed by atoms with van der Waals surface area (Å²) in [6.07, 6.45) is 11.2. The zero-order valence-electron chi connectivity index (χ0n) is 18.1. The van der Waals surface area contributed by atoms with Crippen molar-refractivity contribution in [2.24, 2.45) is 0 Å². The quantitative estimate of drug-likeness (QED) is 0.628. The van der Waals surface area contributed by atoms with Gasteiger partial charge in [0.2, 0.25) is 0 Å². The van der Waals surface area contributed by atoms with Crippen molar-refractivity contribution < 1.29 is 9.53 Å². The fraction of sp³-hybridized carbons (Fsp3) is 0.739. The Hall–Kier alpha value is -1.62. The largest absolute Gasteiger partial charge is 0.443 e. The van der Waals surface area contributed by atoms with Gasteiger partial charge in [-0.05, 0) is 84.0 Å². The van der Waals surface area contributed by atoms with Crippen LogP contribution in [-0.2, 0) is 4.74 Å². The second-order valence-electron chi connectivity index (χ2n) is 9.29. The lowest BCUT2D eigenvalue weighted by Crippen LogP contribution is -2.47. The van der Waals surface area contributed by atoms with Crippen molar-refractivity contribution in [2.75, 3.05) is 18.0 Å². The van der Waals surface area contributed by atoms with E-state index < -0.39 is 5.60 Å². The Bertz CT molecular complexity index is 634. The molecule has 2 heterocycles. The molecule has 5 nitrogen and oxygen atoms in total. The van der Waals surface area contributed by atoms with Gasteiger partial charge in [-0.15, -0.1) is 0 Å². The number of likely N-dealkylation sites (tertiary alicyclic amines) is 1. The fourth-order valence-electron chi connectivity index (χ4n) is 4.12. The molecule has 5 heteroatoms. The van der Waals surface area contributed by atoms with Crippen molar-refractivity contribution >= 4 is 11.9 Å². The molecule has 1 aliphatic carbocycles. The molecule has 1 aromatic heterocycles. The van der Waals surface area contributed by atoms with Crippen LogP contribution in [0.5, 0.6) is 0 Å². The Balaban J connectivity index is 1.75. The highest BCUT2D eigenvalue weighted by molar-refractivity contribution is 5.87. The SMILES string of the molecule is CCCCN1CCCCC1c1ccc(N(C(=O)OC(C)(C)C)C2CCC2)nc1. The summed E-state index contributed by atoms with van der Waals surface area (Å²) in [6, 6.07) is 4.86. The van der Waals surface area contributed by atoms with E-state index in [1.165, 1.54) is 44.2 Å². The Morgan fingerprint density at radius 3 is 2.57 bits per heavy atom. The molecule has 2 fully saturated rings. The molecule has 3 rings (SSSR count). The predicted molar refractivity (Wildman–Crippen MR) is 114 cm³/mol. The number of ether oxygens (including phenoxy) is 1. The van der Waals surface area contributed by atoms with E-state index in [9.17, 15) is 4.79 Å². The lowest BCUT2D eigenvalue weighted by atomic mass is 9.91. The Morgan fingerprint density at radius 2 is 2.00 bits per heavy atom. The first kappa shape index (κ1) is 21.1. The molecule has 0 spiro atoms. The number of carbonyl (C=O) groups is 1. The van der Waals surface area contributed by atoms with Gasteiger partial charge in [0.15, 0.2) is 0 Å². The van der Waals surface area contributed by atoms with Crippen LogP contribution in [0.15, 0.2) is 18.3 Å². The molecule has 1 atom stereocenters. The van der Waals surface area contributed by atoms with Gasteiger partial charge in [0.25, 0.3) is 0 Å². The highest BCUT2D eigenvalue weighted by Crippen LogP contribution is 2.33. The summed E-state index contributed by atoms with van der Waals surface area (Å²) >= 11 is 0. The summed E-state index contributed by atoms with van der Waals surface area (Å²) in [6.45, 7) is 10.3. The van der Waals surface area contributed by atoms with Gasteiger partial charge in [-0.3, -0.25) is 9.80 Å². The van der Waals surface area contributed by atoms with Gasteiger partial charge in [0.1, 0.15) is 11.4 Å². The third-order valence-electron chi connectivity index (χ3n) is 5.84. The average molecular weight is 388 g/mol. The summed E-state index contributed by atoms with van der Waals surface area (Å²) in [5, 5.41) is 0. The Morgan fingerprint density at radius 1 is 1.21 bits per heavy atom. The minimum absolute atomic E-state index is 0.212. The van der Waals surface area contributed by atoms with Gasteiger partial charge >= 0.3 is 6.09 Å². The third-order valence-corrected chi connectivity index (χ3v) is 5.84. The van der Waals surface area contributed by atoms with Crippen LogP contribution >= 0.6 is 0 Å². The molecule has 1 unspecified atom stereocenters. The monoisotopic (exact) mass is 387 g/mol. The molecular weight excluding hydrogens is 350 g/mol. The maximum absolute atomic E-state index is 12.8. The van der Waals surface area contributed by atoms with Crippen LogP contribution in [0.3, 0.4) is 0 Å². The minimum Gasteiger partial charge on any atom is -0.443 e. The molecule has 0 radical (unpaired) electrons. The number of unbranched alkanes of at least 4 members (excludes halogenated alkanes) is 1. The van der Waals surface area contributed by atoms with Crippen LogP contribution in [-0.4, -0.2) is 40.7 Å². The number of hydrogen-bond acceptors (Lipinski definition) is 4. The van der Waals surface area contributed by atoms with Crippen molar-refractivity contribution in [3.63, 3.8) is 0 Å². The standard InChI is InChI=1S/C23H37N3O2/c1-5-6-15-25-16-8-7-12-20(25)18-13-14-21(24-17-18)26(19-10-9-11-19)22(27)28-23(2,3)4/h13-14,17,19-20H,5-12,15-16H2,1-4H3. The predicted octanol–water partition coefficient (Wildman–Crippen LogP) is 5.70. The van der Waals surface area contributed by atoms with Gasteiger partial charge in [-0.1, -0.05) is 25.8 Å². The van der Waals surface area contributed by atoms with E-state index in [4.69, 9.17) is 9.72 Å². The van der Waals surface area contributed by atoms with Crippen LogP contribution in [0.2, 0.25) is 0 Å². The smallest absolute Gasteiger partial charge is 0.416 e. The lowest BCUT2D eigenvalue weighted by molar-refractivity contribution is 0.0548. The molecule has 2 aliphatic rings. The van der Waals surface area contributed by atoms with E-state index in [0.717, 1.165) is 31.6 Å². The van der Waals surface area contributed by atoms with Crippen LogP contribution < -0.4 is 4.90 Å². The second-order valence-corrected chi connectivity index (χ2v) is 9.29. The minimum atomic E-state index is -0.499. The average Bonchev–Trinajstić information content (AvgIpc) is 2.62. The van der Waals surface area contributed by atoms with Gasteiger partial charge in [0, 0.05) is 18.3 Å². The summed E-state index contributed by atoms with van der Waals surface area (Å²) in [5.74, 6) is 0.721. The van der Waals surface area contributed by atoms with E-state index in [2.05, 4.69) is 17.9 Å². The number of hydrogen-bond donors (Lipinski definition) is 0. The molecule has 1 amide bonds. The Labute approximate surface area is 170 Å². The summed E-state index contributed by atoms with van der Waals surface area (Å²) in [7, 11) is 0. The third kappa shape index (κ3) is 5.25. The van der Waals surface area contributed by atoms with Gasteiger partial charge in [-0.25, -0.2) is 9.78 Å². The van der Waals surface area contributed by atoms with Crippen molar-refractivity contribution in [3.8, 4) is 0 Å². The van der Waals surface area contributed by atoms with E-state index in [1.54, 1.807) is 4.90 Å². The number of piperidine rings is 1. The summed E-state index contributed by atoms with van der Waals surface area (Å²) < 4.78 is 5.66. The van der Waals surface area contributed by atoms with Crippen molar-refractivity contribution in [2.45, 2.75) is 96.7 Å². The van der Waals surface area contributed by atoms with E-state index in [1.807, 2.05) is 33.0 Å². The van der Waals surface area contributed by atoms with Crippen LogP contribution in [0.4, 0.5) is 10.6 Å². The number of anilines is 1. The van der Waals surface area contributed by atoms with Gasteiger partial charge in [-0.2, -0.15) is 0 Å². The zero-order valence-corrected chi connectivity index (χ0v) is 18.1. The van der Waals surface area contributed by atoms with Gasteiger partial charge in [0.05, 0.1) is 0 Å². The molecule has 1 aromatic rings. The maximum Gasteiger partial charge on any atom is 0.416 e. The first-order valence-corrected chi connectivity index (χ1v) is 11.1. The van der Waals surface area contributed by atoms with Crippen LogP contribution in [0, 0.1) is 0 Å². The van der Waals surface area contributed by atoms with Crippen LogP contribution in [0.25, 0.3) is 0 Å². The molecule has 1 saturated heterocycles. The number of nitrogens with zero attached hydrogens (tertiary/aromatic N) is 3. The van der Waals surface area contributed by atoms with E-state index in [0.29, 0.717) is 6.04 Å². The molecule has 156 valence electrons. The normalized spacial score (nSPS) is 21.2. The van der Waals surface area contributed by atoms with Gasteiger partial charge < -0.3 is 4.74 Å². The Kier molecular flexibility index (Phi) is 6.97. The second kappa shape index (κ2) is 9.25. The molecule has 0 aromatic carbocycles. The fourth-order valence-corrected chi connectivity index (χ4v) is 4.12. The van der Waals surface area contributed by atoms with E-state index in [-0.39, 0.29) is 12.1 Å². The first-order valence-electron chi connectivity index (χ1n) is 11.1. The summed E-state index contributed by atoms with van der Waals surface area (Å²) in [5.41, 5.74) is 0.776. The van der Waals surface area contributed by atoms with Crippen molar-refractivity contribution in [3.05, 3.63) is 23.9 Å². The molecule has 1 aliphatic heterocycles. The molecule has 1 saturated carbocycles. The lowest BCUT2D eigenvalue weighted by Gasteiger charge is -2.38. The number of pyridine rings is 1. The van der Waals surface area contributed by atoms with Crippen molar-refractivity contribution in [1.29, 1.82) is 0 Å². The summed E-state index contributed by atoms with van der Waals surface area (Å²) in [4.78, 5) is 21.9. The maximum atomic E-state index is 12.8. The van der Waals surface area contributed by atoms with Crippen molar-refractivity contribution in [1.82, 2.24) is 9.88 Å². The van der Waals surface area contributed by atoms with Crippen LogP contribution in [0.1, 0.15) is 90.7 Å². The highest BCUT2D eigenvalue weighted by Gasteiger charge is 2.34. The zero-order chi connectivity index (χ0) is 20.1. The molecule has 0 bridgehead atoms. The number of rotatable bonds is 6. The molecule has 28 heavy (non-hydrogen) atoms. The van der Waals surface area contributed by atoms with E-state index >= 15 is 0 Å². The number of carbonyl (C=O) groups excluding carboxylic acids is 1. The molecule has 0 N–H and O–H groups in total. The number of amides is 1. The number of aromatic nitrogens is 1. The highest BCUT2D eigenvalue weighted by atomic mass is 16.6. The topological polar surface area (TPSA) is 45.7 Å². The molecular formula is C23H37N3O2.